The van der Waals surface area contributed by atoms with Gasteiger partial charge >= 0.3 is 0 Å². The number of nitrogens with zero attached hydrogens (tertiary/aromatic N) is 3. The lowest BCUT2D eigenvalue weighted by atomic mass is 10.3. The molecule has 1 heterocycles. The summed E-state index contributed by atoms with van der Waals surface area (Å²) in [5.41, 5.74) is 1.15. The Kier molecular flexibility index (Phi) is 2.51. The molecule has 0 aliphatic rings. The van der Waals surface area contributed by atoms with Gasteiger partial charge in [-0.15, -0.1) is 0 Å². The number of hydrogen-bond acceptors (Lipinski definition) is 3. The zero-order valence-corrected chi connectivity index (χ0v) is 7.63. The third-order valence-electron chi connectivity index (χ3n) is 1.45. The molecule has 0 saturated carbocycles. The van der Waals surface area contributed by atoms with Gasteiger partial charge in [-0.25, -0.2) is 4.98 Å². The molecule has 1 aromatic heterocycles. The molecule has 12 heavy (non-hydrogen) atoms. The molecule has 0 radical (unpaired) electrons. The molecule has 0 spiro atoms. The fraction of sp³-hybridized carbons (Fsp3) is 0.250. The van der Waals surface area contributed by atoms with Gasteiger partial charge in [0.15, 0.2) is 5.69 Å². The zero-order chi connectivity index (χ0) is 9.14. The van der Waals surface area contributed by atoms with Crippen molar-refractivity contribution in [2.45, 2.75) is 0 Å². The quantitative estimate of drug-likeness (QED) is 0.662. The van der Waals surface area contributed by atoms with Crippen LogP contribution in [0, 0.1) is 11.3 Å². The summed E-state index contributed by atoms with van der Waals surface area (Å²) in [6.45, 7) is 0. The van der Waals surface area contributed by atoms with Gasteiger partial charge in [-0.1, -0.05) is 11.6 Å². The topological polar surface area (TPSA) is 39.9 Å². The minimum Gasteiger partial charge on any atom is -0.376 e. The zero-order valence-electron chi connectivity index (χ0n) is 6.87. The van der Waals surface area contributed by atoms with E-state index in [1.165, 1.54) is 0 Å². The van der Waals surface area contributed by atoms with Crippen molar-refractivity contribution < 1.29 is 0 Å². The van der Waals surface area contributed by atoms with Crippen LogP contribution in [0.25, 0.3) is 0 Å². The van der Waals surface area contributed by atoms with Crippen LogP contribution in [0.4, 0.5) is 5.69 Å². The molecular weight excluding hydrogens is 174 g/mol. The number of pyridine rings is 1. The van der Waals surface area contributed by atoms with Crippen molar-refractivity contribution in [3.8, 4) is 6.07 Å². The van der Waals surface area contributed by atoms with Crippen LogP contribution in [0.15, 0.2) is 12.3 Å². The number of anilines is 1. The first-order chi connectivity index (χ1) is 5.65. The van der Waals surface area contributed by atoms with Crippen LogP contribution in [0.3, 0.4) is 0 Å². The third kappa shape index (κ3) is 1.66. The Balaban J connectivity index is 3.12. The standard InChI is InChI=1S/C8H8ClN3/c1-12(2)6-3-7(9)8(4-10)11-5-6/h3,5H,1-2H3. The molecule has 0 N–H and O–H groups in total. The first-order valence-corrected chi connectivity index (χ1v) is 3.76. The molecule has 1 aromatic rings. The Morgan fingerprint density at radius 1 is 1.58 bits per heavy atom. The highest BCUT2D eigenvalue weighted by molar-refractivity contribution is 6.31. The SMILES string of the molecule is CN(C)c1cnc(C#N)c(Cl)c1. The first kappa shape index (κ1) is 8.82. The predicted octanol–water partition coefficient (Wildman–Crippen LogP) is 1.67. The van der Waals surface area contributed by atoms with Gasteiger partial charge in [0.1, 0.15) is 6.07 Å². The maximum atomic E-state index is 8.54. The lowest BCUT2D eigenvalue weighted by Gasteiger charge is -2.11. The lowest BCUT2D eigenvalue weighted by Crippen LogP contribution is -2.09. The summed E-state index contributed by atoms with van der Waals surface area (Å²) in [4.78, 5) is 5.76. The highest BCUT2D eigenvalue weighted by Gasteiger charge is 2.02. The van der Waals surface area contributed by atoms with E-state index in [1.807, 2.05) is 25.1 Å². The average molecular weight is 182 g/mol. The van der Waals surface area contributed by atoms with Crippen molar-refractivity contribution in [1.29, 1.82) is 5.26 Å². The van der Waals surface area contributed by atoms with Crippen LogP contribution in [-0.2, 0) is 0 Å². The molecule has 0 aliphatic heterocycles. The van der Waals surface area contributed by atoms with Gasteiger partial charge in [-0.2, -0.15) is 5.26 Å². The van der Waals surface area contributed by atoms with E-state index < -0.39 is 0 Å². The van der Waals surface area contributed by atoms with Gasteiger partial charge in [-0.05, 0) is 6.07 Å². The van der Waals surface area contributed by atoms with Crippen LogP contribution in [-0.4, -0.2) is 19.1 Å². The van der Waals surface area contributed by atoms with Gasteiger partial charge in [0.25, 0.3) is 0 Å². The van der Waals surface area contributed by atoms with E-state index in [2.05, 4.69) is 4.98 Å². The maximum absolute atomic E-state index is 8.54. The Labute approximate surface area is 76.2 Å². The molecule has 62 valence electrons. The van der Waals surface area contributed by atoms with E-state index in [9.17, 15) is 0 Å². The maximum Gasteiger partial charge on any atom is 0.159 e. The largest absolute Gasteiger partial charge is 0.376 e. The van der Waals surface area contributed by atoms with E-state index >= 15 is 0 Å². The summed E-state index contributed by atoms with van der Waals surface area (Å²) in [5.74, 6) is 0. The minimum atomic E-state index is 0.266. The summed E-state index contributed by atoms with van der Waals surface area (Å²) >= 11 is 5.76. The summed E-state index contributed by atoms with van der Waals surface area (Å²) in [5, 5.41) is 8.93. The number of halogens is 1. The second-order valence-electron chi connectivity index (χ2n) is 2.53. The van der Waals surface area contributed by atoms with Crippen LogP contribution >= 0.6 is 11.6 Å². The van der Waals surface area contributed by atoms with E-state index in [-0.39, 0.29) is 5.69 Å². The number of nitriles is 1. The van der Waals surface area contributed by atoms with Crippen molar-refractivity contribution in [2.24, 2.45) is 0 Å². The molecule has 0 amide bonds. The number of rotatable bonds is 1. The van der Waals surface area contributed by atoms with Gasteiger partial charge in [-0.3, -0.25) is 0 Å². The Morgan fingerprint density at radius 3 is 2.67 bits per heavy atom. The van der Waals surface area contributed by atoms with Crippen molar-refractivity contribution in [2.75, 3.05) is 19.0 Å². The summed E-state index contributed by atoms with van der Waals surface area (Å²) < 4.78 is 0. The Morgan fingerprint density at radius 2 is 2.25 bits per heavy atom. The first-order valence-electron chi connectivity index (χ1n) is 3.38. The van der Waals surface area contributed by atoms with E-state index in [1.54, 1.807) is 12.3 Å². The Bertz CT molecular complexity index is 328. The van der Waals surface area contributed by atoms with Crippen molar-refractivity contribution >= 4 is 17.3 Å². The lowest BCUT2D eigenvalue weighted by molar-refractivity contribution is 1.10. The van der Waals surface area contributed by atoms with Crippen LogP contribution in [0.5, 0.6) is 0 Å². The minimum absolute atomic E-state index is 0.266. The molecule has 0 fully saturated rings. The van der Waals surface area contributed by atoms with Crippen molar-refractivity contribution in [3.05, 3.63) is 23.0 Å². The van der Waals surface area contributed by atoms with E-state index in [0.29, 0.717) is 5.02 Å². The summed E-state index contributed by atoms with van der Waals surface area (Å²) in [7, 11) is 3.78. The molecule has 0 unspecified atom stereocenters. The molecule has 3 nitrogen and oxygen atoms in total. The molecule has 4 heteroatoms. The van der Waals surface area contributed by atoms with Gasteiger partial charge < -0.3 is 4.90 Å². The monoisotopic (exact) mass is 181 g/mol. The Hall–Kier alpha value is -1.27. The van der Waals surface area contributed by atoms with Crippen LogP contribution in [0.1, 0.15) is 5.69 Å². The molecular formula is C8H8ClN3. The van der Waals surface area contributed by atoms with E-state index in [0.717, 1.165) is 5.69 Å². The summed E-state index contributed by atoms with van der Waals surface area (Å²) in [6.07, 6.45) is 1.62. The molecule has 0 aromatic carbocycles. The number of aromatic nitrogens is 1. The van der Waals surface area contributed by atoms with Crippen molar-refractivity contribution in [1.82, 2.24) is 4.98 Å². The van der Waals surface area contributed by atoms with Gasteiger partial charge in [0.05, 0.1) is 16.9 Å². The molecule has 0 atom stereocenters. The number of hydrogen-bond donors (Lipinski definition) is 0. The third-order valence-corrected chi connectivity index (χ3v) is 1.74. The second-order valence-corrected chi connectivity index (χ2v) is 2.94. The molecule has 0 bridgehead atoms. The normalized spacial score (nSPS) is 9.17. The smallest absolute Gasteiger partial charge is 0.159 e. The predicted molar refractivity (Wildman–Crippen MR) is 48.3 cm³/mol. The fourth-order valence-electron chi connectivity index (χ4n) is 0.755. The van der Waals surface area contributed by atoms with Crippen LogP contribution in [0.2, 0.25) is 5.02 Å². The van der Waals surface area contributed by atoms with Gasteiger partial charge in [0.2, 0.25) is 0 Å². The average Bonchev–Trinajstić information content (AvgIpc) is 2.04. The molecule has 0 aliphatic carbocycles. The van der Waals surface area contributed by atoms with Crippen LogP contribution < -0.4 is 4.90 Å². The second kappa shape index (κ2) is 3.42. The van der Waals surface area contributed by atoms with Gasteiger partial charge in [0, 0.05) is 14.1 Å². The fourth-order valence-corrected chi connectivity index (χ4v) is 0.957. The molecule has 1 rings (SSSR count). The van der Waals surface area contributed by atoms with E-state index in [4.69, 9.17) is 16.9 Å². The van der Waals surface area contributed by atoms with Crippen molar-refractivity contribution in [3.63, 3.8) is 0 Å². The molecule has 0 saturated heterocycles. The highest BCUT2D eigenvalue weighted by atomic mass is 35.5. The summed E-state index contributed by atoms with van der Waals surface area (Å²) in [6, 6.07) is 3.62. The highest BCUT2D eigenvalue weighted by Crippen LogP contribution is 2.18.